The van der Waals surface area contributed by atoms with Crippen LogP contribution in [-0.2, 0) is 6.54 Å². The number of furan rings is 1. The van der Waals surface area contributed by atoms with Gasteiger partial charge in [-0.15, -0.1) is 0 Å². The summed E-state index contributed by atoms with van der Waals surface area (Å²) in [6.07, 6.45) is 1.63. The average Bonchev–Trinajstić information content (AvgIpc) is 3.37. The summed E-state index contributed by atoms with van der Waals surface area (Å²) in [6, 6.07) is 24.8. The zero-order chi connectivity index (χ0) is 25.1. The second-order valence-corrected chi connectivity index (χ2v) is 8.28. The molecule has 0 radical (unpaired) electrons. The number of nitrogens with zero attached hydrogens (tertiary/aromatic N) is 2. The number of carbonyl (C=O) groups is 2. The number of hydrogen-bond donors (Lipinski definition) is 2. The van der Waals surface area contributed by atoms with Crippen LogP contribution in [0.2, 0.25) is 0 Å². The molecule has 8 heteroatoms. The SMILES string of the molecule is Cc1ccc(-c2cc(C(=O)NNC(=O)c3ccc(Cn4ccccc4=O)o3)c3ccccc3n2)cc1. The lowest BCUT2D eigenvalue weighted by atomic mass is 10.0. The first-order chi connectivity index (χ1) is 17.5. The van der Waals surface area contributed by atoms with Crippen molar-refractivity contribution in [3.63, 3.8) is 0 Å². The van der Waals surface area contributed by atoms with E-state index in [1.165, 1.54) is 16.7 Å². The van der Waals surface area contributed by atoms with Crippen LogP contribution in [0.4, 0.5) is 0 Å². The Hall–Kier alpha value is -4.98. The van der Waals surface area contributed by atoms with E-state index in [1.54, 1.807) is 30.5 Å². The Labute approximate surface area is 206 Å². The van der Waals surface area contributed by atoms with Crippen molar-refractivity contribution >= 4 is 22.7 Å². The van der Waals surface area contributed by atoms with Crippen molar-refractivity contribution < 1.29 is 14.0 Å². The Morgan fingerprint density at radius 1 is 0.889 bits per heavy atom. The van der Waals surface area contributed by atoms with Crippen LogP contribution in [0.1, 0.15) is 32.2 Å². The molecule has 8 nitrogen and oxygen atoms in total. The maximum absolute atomic E-state index is 13.1. The summed E-state index contributed by atoms with van der Waals surface area (Å²) >= 11 is 0. The van der Waals surface area contributed by atoms with Crippen molar-refractivity contribution in [1.82, 2.24) is 20.4 Å². The van der Waals surface area contributed by atoms with Crippen LogP contribution < -0.4 is 16.4 Å². The van der Waals surface area contributed by atoms with Gasteiger partial charge in [-0.2, -0.15) is 0 Å². The minimum Gasteiger partial charge on any atom is -0.454 e. The number of rotatable bonds is 5. The zero-order valence-corrected chi connectivity index (χ0v) is 19.4. The molecule has 178 valence electrons. The van der Waals surface area contributed by atoms with E-state index >= 15 is 0 Å². The van der Waals surface area contributed by atoms with Crippen molar-refractivity contribution in [2.45, 2.75) is 13.5 Å². The van der Waals surface area contributed by atoms with Gasteiger partial charge in [0.05, 0.1) is 23.3 Å². The van der Waals surface area contributed by atoms with Gasteiger partial charge in [0.1, 0.15) is 5.76 Å². The van der Waals surface area contributed by atoms with E-state index in [0.717, 1.165) is 11.1 Å². The Bertz CT molecular complexity index is 1630. The van der Waals surface area contributed by atoms with Gasteiger partial charge in [-0.25, -0.2) is 4.98 Å². The van der Waals surface area contributed by atoms with Crippen LogP contribution in [0.25, 0.3) is 22.2 Å². The third-order valence-electron chi connectivity index (χ3n) is 5.71. The summed E-state index contributed by atoms with van der Waals surface area (Å²) in [5.41, 5.74) is 8.37. The van der Waals surface area contributed by atoms with Crippen LogP contribution in [0.15, 0.2) is 100 Å². The molecule has 0 saturated heterocycles. The predicted molar refractivity (Wildman–Crippen MR) is 135 cm³/mol. The number of amides is 2. The maximum Gasteiger partial charge on any atom is 0.305 e. The third-order valence-corrected chi connectivity index (χ3v) is 5.71. The van der Waals surface area contributed by atoms with Gasteiger partial charge in [0, 0.05) is 23.2 Å². The number of carbonyl (C=O) groups excluding carboxylic acids is 2. The largest absolute Gasteiger partial charge is 0.454 e. The van der Waals surface area contributed by atoms with E-state index in [9.17, 15) is 14.4 Å². The highest BCUT2D eigenvalue weighted by molar-refractivity contribution is 6.08. The molecule has 0 fully saturated rings. The predicted octanol–water partition coefficient (Wildman–Crippen LogP) is 4.09. The van der Waals surface area contributed by atoms with Gasteiger partial charge in [0.25, 0.3) is 11.5 Å². The van der Waals surface area contributed by atoms with Gasteiger partial charge in [-0.1, -0.05) is 54.1 Å². The Morgan fingerprint density at radius 2 is 1.64 bits per heavy atom. The molecule has 36 heavy (non-hydrogen) atoms. The standard InChI is InChI=1S/C28H22N4O4/c1-18-9-11-19(12-10-18)24-16-22(21-6-2-3-7-23(21)29-24)27(34)30-31-28(35)25-14-13-20(36-25)17-32-15-5-4-8-26(32)33/h2-16H,17H2,1H3,(H,30,34)(H,31,35). The monoisotopic (exact) mass is 478 g/mol. The Kier molecular flexibility index (Phi) is 6.15. The number of benzene rings is 2. The van der Waals surface area contributed by atoms with E-state index in [4.69, 9.17) is 9.40 Å². The highest BCUT2D eigenvalue weighted by Gasteiger charge is 2.17. The summed E-state index contributed by atoms with van der Waals surface area (Å²) in [4.78, 5) is 42.3. The molecule has 2 N–H and O–H groups in total. The molecule has 0 atom stereocenters. The lowest BCUT2D eigenvalue weighted by Gasteiger charge is -2.11. The summed E-state index contributed by atoms with van der Waals surface area (Å²) < 4.78 is 7.03. The number of pyridine rings is 2. The molecule has 0 aliphatic heterocycles. The lowest BCUT2D eigenvalue weighted by Crippen LogP contribution is -2.41. The summed E-state index contributed by atoms with van der Waals surface area (Å²) in [7, 11) is 0. The van der Waals surface area contributed by atoms with Crippen molar-refractivity contribution in [1.29, 1.82) is 0 Å². The van der Waals surface area contributed by atoms with E-state index in [0.29, 0.717) is 27.9 Å². The number of hydrogen-bond acceptors (Lipinski definition) is 5. The minimum absolute atomic E-state index is 0.00853. The molecule has 2 amide bonds. The Morgan fingerprint density at radius 3 is 2.44 bits per heavy atom. The van der Waals surface area contributed by atoms with Crippen molar-refractivity contribution in [3.05, 3.63) is 124 Å². The quantitative estimate of drug-likeness (QED) is 0.370. The molecule has 0 aliphatic rings. The molecule has 0 spiro atoms. The minimum atomic E-state index is -0.618. The number of para-hydroxylation sites is 1. The van der Waals surface area contributed by atoms with Crippen LogP contribution in [-0.4, -0.2) is 21.4 Å². The van der Waals surface area contributed by atoms with Crippen LogP contribution >= 0.6 is 0 Å². The average molecular weight is 479 g/mol. The molecule has 5 aromatic rings. The van der Waals surface area contributed by atoms with Crippen LogP contribution in [0.3, 0.4) is 0 Å². The van der Waals surface area contributed by atoms with Gasteiger partial charge in [0.15, 0.2) is 5.76 Å². The molecule has 0 saturated carbocycles. The summed E-state index contributed by atoms with van der Waals surface area (Å²) in [5, 5.41) is 0.661. The first kappa shape index (κ1) is 22.8. The van der Waals surface area contributed by atoms with E-state index in [2.05, 4.69) is 10.9 Å². The first-order valence-corrected chi connectivity index (χ1v) is 11.3. The van der Waals surface area contributed by atoms with E-state index < -0.39 is 11.8 Å². The fraction of sp³-hybridized carbons (Fsp3) is 0.0714. The molecular weight excluding hydrogens is 456 g/mol. The van der Waals surface area contributed by atoms with E-state index in [1.807, 2.05) is 55.5 Å². The lowest BCUT2D eigenvalue weighted by molar-refractivity contribution is 0.0830. The van der Waals surface area contributed by atoms with Gasteiger partial charge in [-0.05, 0) is 37.3 Å². The number of aromatic nitrogens is 2. The molecule has 5 rings (SSSR count). The second-order valence-electron chi connectivity index (χ2n) is 8.28. The van der Waals surface area contributed by atoms with Crippen molar-refractivity contribution in [2.75, 3.05) is 0 Å². The topological polar surface area (TPSA) is 106 Å². The summed E-state index contributed by atoms with van der Waals surface area (Å²) in [6.45, 7) is 2.19. The number of aryl methyl sites for hydroxylation is 1. The van der Waals surface area contributed by atoms with Crippen molar-refractivity contribution in [2.24, 2.45) is 0 Å². The first-order valence-electron chi connectivity index (χ1n) is 11.3. The maximum atomic E-state index is 13.1. The molecular formula is C28H22N4O4. The van der Waals surface area contributed by atoms with Crippen LogP contribution in [0, 0.1) is 6.92 Å². The Balaban J connectivity index is 1.33. The third kappa shape index (κ3) is 4.78. The molecule has 3 heterocycles. The van der Waals surface area contributed by atoms with Gasteiger partial charge in [-0.3, -0.25) is 25.2 Å². The number of fused-ring (bicyclic) bond motifs is 1. The number of hydrazine groups is 1. The smallest absolute Gasteiger partial charge is 0.305 e. The molecule has 3 aromatic heterocycles. The van der Waals surface area contributed by atoms with Gasteiger partial charge in [0.2, 0.25) is 0 Å². The molecule has 0 aliphatic carbocycles. The second kappa shape index (κ2) is 9.71. The normalized spacial score (nSPS) is 10.8. The van der Waals surface area contributed by atoms with Gasteiger partial charge < -0.3 is 8.98 Å². The molecule has 0 unspecified atom stereocenters. The fourth-order valence-electron chi connectivity index (χ4n) is 3.82. The highest BCUT2D eigenvalue weighted by atomic mass is 16.4. The number of nitrogens with one attached hydrogen (secondary N) is 2. The fourth-order valence-corrected chi connectivity index (χ4v) is 3.82. The molecule has 2 aromatic carbocycles. The zero-order valence-electron chi connectivity index (χ0n) is 19.4. The van der Waals surface area contributed by atoms with Crippen LogP contribution in [0.5, 0.6) is 0 Å². The van der Waals surface area contributed by atoms with E-state index in [-0.39, 0.29) is 17.9 Å². The molecule has 0 bridgehead atoms. The van der Waals surface area contributed by atoms with Crippen molar-refractivity contribution in [3.8, 4) is 11.3 Å². The summed E-state index contributed by atoms with van der Waals surface area (Å²) in [5.74, 6) is -0.665. The highest BCUT2D eigenvalue weighted by Crippen LogP contribution is 2.25. The van der Waals surface area contributed by atoms with Gasteiger partial charge >= 0.3 is 5.91 Å².